The van der Waals surface area contributed by atoms with Crippen LogP contribution in [0.15, 0.2) is 42.5 Å². The highest BCUT2D eigenvalue weighted by Gasteiger charge is 2.19. The van der Waals surface area contributed by atoms with Crippen LogP contribution in [-0.4, -0.2) is 34.5 Å². The van der Waals surface area contributed by atoms with Crippen LogP contribution < -0.4 is 10.1 Å². The molecule has 1 unspecified atom stereocenters. The van der Waals surface area contributed by atoms with Gasteiger partial charge in [0.15, 0.2) is 6.61 Å². The Bertz CT molecular complexity index is 936. The minimum absolute atomic E-state index is 0.00871. The number of carbonyl (C=O) groups is 1. The fraction of sp³-hybridized carbons (Fsp3) is 0.364. The second-order valence-corrected chi connectivity index (χ2v) is 8.10. The van der Waals surface area contributed by atoms with Gasteiger partial charge in [0, 0.05) is 0 Å². The average molecular weight is 396 g/mol. The smallest absolute Gasteiger partial charge is 0.258 e. The summed E-state index contributed by atoms with van der Waals surface area (Å²) in [6.07, 6.45) is 6.32. The van der Waals surface area contributed by atoms with Gasteiger partial charge in [-0.3, -0.25) is 4.79 Å². The maximum Gasteiger partial charge on any atom is 0.258 e. The molecule has 4 rings (SSSR count). The van der Waals surface area contributed by atoms with Gasteiger partial charge in [-0.25, -0.2) is 4.98 Å². The van der Waals surface area contributed by atoms with Gasteiger partial charge >= 0.3 is 0 Å². The molecule has 2 aromatic carbocycles. The summed E-state index contributed by atoms with van der Waals surface area (Å²) in [5.41, 5.74) is 4.64. The Hall–Kier alpha value is -2.47. The van der Waals surface area contributed by atoms with Crippen molar-refractivity contribution in [1.29, 1.82) is 0 Å². The van der Waals surface area contributed by atoms with Gasteiger partial charge in [0.05, 0.1) is 17.1 Å². The number of imidazole rings is 1. The molecule has 6 heteroatoms. The maximum atomic E-state index is 12.5. The van der Waals surface area contributed by atoms with Crippen LogP contribution in [0.2, 0.25) is 0 Å². The third-order valence-electron chi connectivity index (χ3n) is 5.12. The van der Waals surface area contributed by atoms with E-state index in [1.807, 2.05) is 30.3 Å². The number of rotatable bonds is 8. The van der Waals surface area contributed by atoms with Crippen molar-refractivity contribution in [2.45, 2.75) is 31.7 Å². The number of ether oxygens (including phenoxy) is 1. The first-order chi connectivity index (χ1) is 13.7. The molecule has 1 aliphatic carbocycles. The molecule has 0 aliphatic heterocycles. The Morgan fingerprint density at radius 3 is 2.96 bits per heavy atom. The number of H-pyrrole nitrogens is 1. The van der Waals surface area contributed by atoms with Crippen molar-refractivity contribution in [3.05, 3.63) is 59.4 Å². The van der Waals surface area contributed by atoms with Crippen LogP contribution in [-0.2, 0) is 17.6 Å². The van der Waals surface area contributed by atoms with Crippen molar-refractivity contribution in [3.8, 4) is 5.75 Å². The lowest BCUT2D eigenvalue weighted by molar-refractivity contribution is -0.123. The number of benzene rings is 2. The number of aryl methyl sites for hydroxylation is 2. The molecule has 1 atom stereocenters. The summed E-state index contributed by atoms with van der Waals surface area (Å²) in [6.45, 7) is 0.00871. The highest BCUT2D eigenvalue weighted by molar-refractivity contribution is 7.98. The third-order valence-corrected chi connectivity index (χ3v) is 5.77. The van der Waals surface area contributed by atoms with Crippen LogP contribution in [0.25, 0.3) is 11.0 Å². The molecule has 1 aromatic heterocycles. The zero-order valence-electron chi connectivity index (χ0n) is 16.0. The van der Waals surface area contributed by atoms with E-state index in [1.54, 1.807) is 11.8 Å². The number of carbonyl (C=O) groups excluding carboxylic acids is 1. The molecule has 0 bridgehead atoms. The zero-order chi connectivity index (χ0) is 19.3. The molecule has 1 amide bonds. The van der Waals surface area contributed by atoms with Gasteiger partial charge in [0.1, 0.15) is 11.6 Å². The molecule has 28 heavy (non-hydrogen) atoms. The first-order valence-corrected chi connectivity index (χ1v) is 11.1. The molecule has 3 aromatic rings. The van der Waals surface area contributed by atoms with Gasteiger partial charge in [0.2, 0.25) is 0 Å². The summed E-state index contributed by atoms with van der Waals surface area (Å²) in [4.78, 5) is 20.5. The van der Waals surface area contributed by atoms with Crippen LogP contribution in [0, 0.1) is 0 Å². The number of nitrogens with zero attached hydrogens (tertiary/aromatic N) is 1. The number of aromatic nitrogens is 2. The van der Waals surface area contributed by atoms with E-state index in [9.17, 15) is 4.79 Å². The molecule has 0 saturated carbocycles. The highest BCUT2D eigenvalue weighted by Crippen LogP contribution is 2.26. The fourth-order valence-electron chi connectivity index (χ4n) is 3.67. The lowest BCUT2D eigenvalue weighted by Crippen LogP contribution is -2.33. The zero-order valence-corrected chi connectivity index (χ0v) is 16.8. The van der Waals surface area contributed by atoms with Crippen molar-refractivity contribution < 1.29 is 9.53 Å². The molecule has 1 aliphatic rings. The molecular formula is C22H25N3O2S. The normalized spacial score (nSPS) is 14.0. The number of thioether (sulfide) groups is 1. The van der Waals surface area contributed by atoms with E-state index in [-0.39, 0.29) is 18.6 Å². The van der Waals surface area contributed by atoms with Crippen LogP contribution in [0.1, 0.15) is 35.8 Å². The number of para-hydroxylation sites is 2. The van der Waals surface area contributed by atoms with E-state index in [0.717, 1.165) is 47.6 Å². The van der Waals surface area contributed by atoms with Crippen molar-refractivity contribution >= 4 is 28.7 Å². The van der Waals surface area contributed by atoms with Gasteiger partial charge in [-0.05, 0) is 73.1 Å². The summed E-state index contributed by atoms with van der Waals surface area (Å²) < 4.78 is 5.75. The fourth-order valence-corrected chi connectivity index (χ4v) is 4.14. The van der Waals surface area contributed by atoms with E-state index in [1.165, 1.54) is 17.5 Å². The predicted molar refractivity (Wildman–Crippen MR) is 114 cm³/mol. The van der Waals surface area contributed by atoms with Crippen molar-refractivity contribution in [1.82, 2.24) is 15.3 Å². The van der Waals surface area contributed by atoms with E-state index in [2.05, 4.69) is 33.7 Å². The van der Waals surface area contributed by atoms with Gasteiger partial charge in [0.25, 0.3) is 5.91 Å². The highest BCUT2D eigenvalue weighted by atomic mass is 32.2. The number of aromatic amines is 1. The summed E-state index contributed by atoms with van der Waals surface area (Å²) in [5.74, 6) is 2.36. The Labute approximate surface area is 169 Å². The summed E-state index contributed by atoms with van der Waals surface area (Å²) in [5, 5.41) is 3.08. The molecule has 5 nitrogen and oxygen atoms in total. The van der Waals surface area contributed by atoms with Crippen LogP contribution in [0.4, 0.5) is 0 Å². The Balaban J connectivity index is 1.40. The molecule has 2 N–H and O–H groups in total. The molecule has 146 valence electrons. The first kappa shape index (κ1) is 18.9. The summed E-state index contributed by atoms with van der Waals surface area (Å²) in [7, 11) is 0. The number of hydrogen-bond acceptors (Lipinski definition) is 4. The van der Waals surface area contributed by atoms with E-state index in [0.29, 0.717) is 0 Å². The second-order valence-electron chi connectivity index (χ2n) is 7.11. The molecule has 1 heterocycles. The van der Waals surface area contributed by atoms with E-state index < -0.39 is 0 Å². The Morgan fingerprint density at radius 1 is 1.25 bits per heavy atom. The summed E-state index contributed by atoms with van der Waals surface area (Å²) in [6, 6.07) is 13.9. The van der Waals surface area contributed by atoms with Gasteiger partial charge in [-0.15, -0.1) is 0 Å². The lowest BCUT2D eigenvalue weighted by Gasteiger charge is -2.16. The SMILES string of the molecule is CSCCC(NC(=O)COc1ccc2c(c1)CCC2)c1nc2ccccc2[nH]1. The Kier molecular flexibility index (Phi) is 5.86. The number of hydrogen-bond donors (Lipinski definition) is 2. The maximum absolute atomic E-state index is 12.5. The number of fused-ring (bicyclic) bond motifs is 2. The largest absolute Gasteiger partial charge is 0.484 e. The quantitative estimate of drug-likeness (QED) is 0.604. The minimum atomic E-state index is -0.157. The molecule has 0 fully saturated rings. The van der Waals surface area contributed by atoms with Crippen LogP contribution in [0.3, 0.4) is 0 Å². The Morgan fingerprint density at radius 2 is 2.11 bits per heavy atom. The average Bonchev–Trinajstić information content (AvgIpc) is 3.35. The van der Waals surface area contributed by atoms with Crippen LogP contribution >= 0.6 is 11.8 Å². The minimum Gasteiger partial charge on any atom is -0.484 e. The number of nitrogens with one attached hydrogen (secondary N) is 2. The molecule has 0 spiro atoms. The monoisotopic (exact) mass is 395 g/mol. The van der Waals surface area contributed by atoms with Crippen molar-refractivity contribution in [2.24, 2.45) is 0 Å². The third kappa shape index (κ3) is 4.33. The second kappa shape index (κ2) is 8.69. The molecular weight excluding hydrogens is 370 g/mol. The van der Waals surface area contributed by atoms with Gasteiger partial charge in [-0.2, -0.15) is 11.8 Å². The van der Waals surface area contributed by atoms with Crippen LogP contribution in [0.5, 0.6) is 5.75 Å². The van der Waals surface area contributed by atoms with Crippen molar-refractivity contribution in [3.63, 3.8) is 0 Å². The van der Waals surface area contributed by atoms with E-state index in [4.69, 9.17) is 4.74 Å². The standard InChI is InChI=1S/C22H25N3O2S/c1-28-12-11-20(22-24-18-7-2-3-8-19(18)25-22)23-21(26)14-27-17-10-9-15-5-4-6-16(15)13-17/h2-3,7-10,13,20H,4-6,11-12,14H2,1H3,(H,23,26)(H,24,25). The summed E-state index contributed by atoms with van der Waals surface area (Å²) >= 11 is 1.76. The number of amides is 1. The van der Waals surface area contributed by atoms with Gasteiger partial charge < -0.3 is 15.0 Å². The molecule has 0 saturated heterocycles. The predicted octanol–water partition coefficient (Wildman–Crippen LogP) is 4.04. The van der Waals surface area contributed by atoms with Crippen molar-refractivity contribution in [2.75, 3.05) is 18.6 Å². The lowest BCUT2D eigenvalue weighted by atomic mass is 10.1. The van der Waals surface area contributed by atoms with Gasteiger partial charge in [-0.1, -0.05) is 18.2 Å². The topological polar surface area (TPSA) is 67.0 Å². The van der Waals surface area contributed by atoms with E-state index >= 15 is 0 Å². The molecule has 0 radical (unpaired) electrons. The first-order valence-electron chi connectivity index (χ1n) is 9.70.